The van der Waals surface area contributed by atoms with Crippen molar-refractivity contribution in [3.8, 4) is 0 Å². The SMILES string of the molecule is C=CCN1C(=O)C(=O)N(CC(=O)c2ccc(Cl)s2)C1=O. The predicted molar refractivity (Wildman–Crippen MR) is 72.7 cm³/mol. The molecule has 0 N–H and O–H groups in total. The Bertz CT molecular complexity index is 625. The Morgan fingerprint density at radius 1 is 1.25 bits per heavy atom. The number of Topliss-reactive ketones (excluding diaryl/α,β-unsaturated/α-hetero) is 1. The highest BCUT2D eigenvalue weighted by Crippen LogP contribution is 2.22. The molecule has 8 heteroatoms. The zero-order chi connectivity index (χ0) is 14.9. The number of ketones is 1. The summed E-state index contributed by atoms with van der Waals surface area (Å²) in [5, 5.41) is 0. The first kappa shape index (κ1) is 14.4. The molecule has 1 aliphatic heterocycles. The second-order valence-electron chi connectivity index (χ2n) is 3.91. The molecule has 0 aliphatic carbocycles. The number of rotatable bonds is 5. The lowest BCUT2D eigenvalue weighted by atomic mass is 10.3. The third-order valence-electron chi connectivity index (χ3n) is 2.60. The predicted octanol–water partition coefficient (Wildman–Crippen LogP) is 1.56. The number of amides is 4. The molecule has 20 heavy (non-hydrogen) atoms. The van der Waals surface area contributed by atoms with E-state index in [-0.39, 0.29) is 6.54 Å². The Labute approximate surface area is 123 Å². The lowest BCUT2D eigenvalue weighted by Crippen LogP contribution is -2.36. The number of halogens is 1. The van der Waals surface area contributed by atoms with Crippen molar-refractivity contribution in [2.75, 3.05) is 13.1 Å². The molecule has 1 fully saturated rings. The number of nitrogens with zero attached hydrogens (tertiary/aromatic N) is 2. The fraction of sp³-hybridized carbons (Fsp3) is 0.167. The largest absolute Gasteiger partial charge is 0.334 e. The van der Waals surface area contributed by atoms with Gasteiger partial charge in [0.25, 0.3) is 0 Å². The van der Waals surface area contributed by atoms with Crippen molar-refractivity contribution >= 4 is 46.6 Å². The van der Waals surface area contributed by atoms with Gasteiger partial charge in [0.1, 0.15) is 0 Å². The molecule has 2 heterocycles. The number of carbonyl (C=O) groups excluding carboxylic acids is 4. The van der Waals surface area contributed by atoms with Crippen LogP contribution in [-0.2, 0) is 9.59 Å². The van der Waals surface area contributed by atoms with Crippen molar-refractivity contribution in [2.24, 2.45) is 0 Å². The van der Waals surface area contributed by atoms with E-state index >= 15 is 0 Å². The Hall–Kier alpha value is -1.99. The van der Waals surface area contributed by atoms with E-state index < -0.39 is 30.2 Å². The minimum Gasteiger partial charge on any atom is -0.291 e. The summed E-state index contributed by atoms with van der Waals surface area (Å²) < 4.78 is 0.428. The molecule has 0 spiro atoms. The number of carbonyl (C=O) groups is 4. The molecule has 4 amide bonds. The van der Waals surface area contributed by atoms with E-state index in [2.05, 4.69) is 6.58 Å². The van der Waals surface area contributed by atoms with Crippen LogP contribution in [0, 0.1) is 0 Å². The standard InChI is InChI=1S/C12H9ClN2O4S/c1-2-5-14-10(17)11(18)15(12(14)19)6-7(16)8-3-4-9(13)20-8/h2-4H,1,5-6H2. The van der Waals surface area contributed by atoms with E-state index in [0.29, 0.717) is 14.1 Å². The highest BCUT2D eigenvalue weighted by atomic mass is 35.5. The van der Waals surface area contributed by atoms with Crippen LogP contribution in [0.4, 0.5) is 4.79 Å². The normalized spacial score (nSPS) is 15.2. The summed E-state index contributed by atoms with van der Waals surface area (Å²) >= 11 is 6.76. The first-order valence-electron chi connectivity index (χ1n) is 5.52. The lowest BCUT2D eigenvalue weighted by molar-refractivity contribution is -0.142. The third kappa shape index (κ3) is 2.50. The number of imide groups is 2. The smallest absolute Gasteiger partial charge is 0.291 e. The zero-order valence-corrected chi connectivity index (χ0v) is 11.7. The first-order chi connectivity index (χ1) is 9.45. The topological polar surface area (TPSA) is 74.8 Å². The Morgan fingerprint density at radius 3 is 2.45 bits per heavy atom. The summed E-state index contributed by atoms with van der Waals surface area (Å²) in [6, 6.07) is 2.24. The van der Waals surface area contributed by atoms with Crippen LogP contribution in [0.15, 0.2) is 24.8 Å². The molecule has 0 atom stereocenters. The van der Waals surface area contributed by atoms with Gasteiger partial charge in [-0.3, -0.25) is 19.3 Å². The maximum Gasteiger partial charge on any atom is 0.334 e. The van der Waals surface area contributed by atoms with Gasteiger partial charge in [-0.2, -0.15) is 0 Å². The average Bonchev–Trinajstić information content (AvgIpc) is 2.92. The zero-order valence-electron chi connectivity index (χ0n) is 10.2. The van der Waals surface area contributed by atoms with Crippen LogP contribution in [0.1, 0.15) is 9.67 Å². The van der Waals surface area contributed by atoms with Gasteiger partial charge in [-0.05, 0) is 12.1 Å². The fourth-order valence-electron chi connectivity index (χ4n) is 1.67. The molecular weight excluding hydrogens is 304 g/mol. The van der Waals surface area contributed by atoms with Crippen molar-refractivity contribution in [1.29, 1.82) is 0 Å². The number of urea groups is 1. The molecule has 0 bridgehead atoms. The van der Waals surface area contributed by atoms with Crippen LogP contribution < -0.4 is 0 Å². The van der Waals surface area contributed by atoms with Crippen LogP contribution in [0.5, 0.6) is 0 Å². The van der Waals surface area contributed by atoms with Gasteiger partial charge in [0.15, 0.2) is 5.78 Å². The lowest BCUT2D eigenvalue weighted by Gasteiger charge is -2.12. The van der Waals surface area contributed by atoms with Gasteiger partial charge in [-0.1, -0.05) is 17.7 Å². The summed E-state index contributed by atoms with van der Waals surface area (Å²) in [5.41, 5.74) is 0. The number of hydrogen-bond donors (Lipinski definition) is 0. The molecule has 1 aromatic heterocycles. The van der Waals surface area contributed by atoms with Crippen molar-refractivity contribution in [3.05, 3.63) is 34.0 Å². The van der Waals surface area contributed by atoms with Crippen LogP contribution in [0.2, 0.25) is 4.34 Å². The Kier molecular flexibility index (Phi) is 4.01. The summed E-state index contributed by atoms with van der Waals surface area (Å²) in [6.45, 7) is 2.85. The molecule has 1 aliphatic rings. The molecule has 0 unspecified atom stereocenters. The maximum atomic E-state index is 11.9. The third-order valence-corrected chi connectivity index (χ3v) is 3.87. The van der Waals surface area contributed by atoms with E-state index in [1.165, 1.54) is 12.1 Å². The minimum absolute atomic E-state index is 0.0705. The van der Waals surface area contributed by atoms with Crippen LogP contribution in [0.25, 0.3) is 0 Å². The molecule has 104 valence electrons. The monoisotopic (exact) mass is 312 g/mol. The van der Waals surface area contributed by atoms with Gasteiger partial charge < -0.3 is 0 Å². The van der Waals surface area contributed by atoms with Crippen LogP contribution in [-0.4, -0.2) is 46.5 Å². The second kappa shape index (κ2) is 5.56. The number of hydrogen-bond acceptors (Lipinski definition) is 5. The molecule has 6 nitrogen and oxygen atoms in total. The summed E-state index contributed by atoms with van der Waals surface area (Å²) in [5.74, 6) is -2.41. The van der Waals surface area contributed by atoms with E-state index in [9.17, 15) is 19.2 Å². The highest BCUT2D eigenvalue weighted by molar-refractivity contribution is 7.18. The highest BCUT2D eigenvalue weighted by Gasteiger charge is 2.44. The Balaban J connectivity index is 2.15. The fourth-order valence-corrected chi connectivity index (χ4v) is 2.64. The Morgan fingerprint density at radius 2 is 1.90 bits per heavy atom. The van der Waals surface area contributed by atoms with Gasteiger partial charge in [-0.15, -0.1) is 17.9 Å². The van der Waals surface area contributed by atoms with E-state index in [0.717, 1.165) is 16.2 Å². The molecule has 2 rings (SSSR count). The molecule has 0 aromatic carbocycles. The van der Waals surface area contributed by atoms with E-state index in [1.54, 1.807) is 6.07 Å². The van der Waals surface area contributed by atoms with Crippen molar-refractivity contribution in [1.82, 2.24) is 9.80 Å². The quantitative estimate of drug-likeness (QED) is 0.358. The van der Waals surface area contributed by atoms with Gasteiger partial charge in [0.2, 0.25) is 0 Å². The van der Waals surface area contributed by atoms with Gasteiger partial charge in [0, 0.05) is 6.54 Å². The van der Waals surface area contributed by atoms with Crippen molar-refractivity contribution < 1.29 is 19.2 Å². The van der Waals surface area contributed by atoms with Gasteiger partial charge in [-0.25, -0.2) is 9.69 Å². The minimum atomic E-state index is -1.01. The maximum absolute atomic E-state index is 11.9. The van der Waals surface area contributed by atoms with Gasteiger partial charge >= 0.3 is 17.8 Å². The second-order valence-corrected chi connectivity index (χ2v) is 5.62. The molecular formula is C12H9ClN2O4S. The first-order valence-corrected chi connectivity index (χ1v) is 6.72. The molecule has 0 radical (unpaired) electrons. The van der Waals surface area contributed by atoms with Crippen molar-refractivity contribution in [2.45, 2.75) is 0 Å². The summed E-state index contributed by atoms with van der Waals surface area (Å²) in [4.78, 5) is 48.8. The summed E-state index contributed by atoms with van der Waals surface area (Å²) in [6.07, 6.45) is 1.33. The van der Waals surface area contributed by atoms with Crippen LogP contribution >= 0.6 is 22.9 Å². The van der Waals surface area contributed by atoms with Crippen molar-refractivity contribution in [3.63, 3.8) is 0 Å². The van der Waals surface area contributed by atoms with Gasteiger partial charge in [0.05, 0.1) is 15.8 Å². The molecule has 1 saturated heterocycles. The van der Waals surface area contributed by atoms with E-state index in [4.69, 9.17) is 11.6 Å². The number of thiophene rings is 1. The van der Waals surface area contributed by atoms with Crippen LogP contribution in [0.3, 0.4) is 0 Å². The molecule has 1 aromatic rings. The van der Waals surface area contributed by atoms with E-state index in [1.807, 2.05) is 0 Å². The average molecular weight is 313 g/mol. The molecule has 0 saturated carbocycles. The summed E-state index contributed by atoms with van der Waals surface area (Å²) in [7, 11) is 0.